The van der Waals surface area contributed by atoms with Gasteiger partial charge in [0.2, 0.25) is 21.8 Å². The van der Waals surface area contributed by atoms with E-state index in [2.05, 4.69) is 5.32 Å². The van der Waals surface area contributed by atoms with Crippen LogP contribution in [0.15, 0.2) is 42.5 Å². The van der Waals surface area contributed by atoms with Crippen molar-refractivity contribution in [2.45, 2.75) is 58.2 Å². The molecular formula is C26H33Cl2N3O5S. The van der Waals surface area contributed by atoms with Crippen LogP contribution in [0.3, 0.4) is 0 Å². The van der Waals surface area contributed by atoms with Crippen LogP contribution in [-0.4, -0.2) is 56.6 Å². The maximum absolute atomic E-state index is 13.7. The molecule has 2 aromatic rings. The quantitative estimate of drug-likeness (QED) is 0.425. The molecule has 1 aliphatic rings. The van der Waals surface area contributed by atoms with Crippen LogP contribution >= 0.6 is 23.2 Å². The highest BCUT2D eigenvalue weighted by Gasteiger charge is 2.31. The summed E-state index contributed by atoms with van der Waals surface area (Å²) in [5, 5.41) is 3.81. The molecule has 1 unspecified atom stereocenters. The zero-order chi connectivity index (χ0) is 27.2. The highest BCUT2D eigenvalue weighted by molar-refractivity contribution is 7.92. The predicted octanol–water partition coefficient (Wildman–Crippen LogP) is 4.63. The van der Waals surface area contributed by atoms with Crippen molar-refractivity contribution < 1.29 is 22.7 Å². The molecule has 1 fully saturated rings. The zero-order valence-electron chi connectivity index (χ0n) is 21.2. The number of rotatable bonds is 11. The van der Waals surface area contributed by atoms with Crippen LogP contribution in [-0.2, 0) is 26.2 Å². The molecule has 2 aromatic carbocycles. The van der Waals surface area contributed by atoms with E-state index in [4.69, 9.17) is 27.9 Å². The fourth-order valence-corrected chi connectivity index (χ4v) is 5.61. The molecule has 202 valence electrons. The third kappa shape index (κ3) is 7.99. The van der Waals surface area contributed by atoms with Gasteiger partial charge in [0.25, 0.3) is 0 Å². The molecule has 0 radical (unpaired) electrons. The average Bonchev–Trinajstić information content (AvgIpc) is 3.34. The first-order valence-electron chi connectivity index (χ1n) is 12.2. The number of nitrogens with zero attached hydrogens (tertiary/aromatic N) is 2. The second-order valence-corrected chi connectivity index (χ2v) is 11.9. The Kier molecular flexibility index (Phi) is 10.1. The van der Waals surface area contributed by atoms with Gasteiger partial charge in [-0.15, -0.1) is 0 Å². The molecule has 1 N–H and O–H groups in total. The van der Waals surface area contributed by atoms with Crippen molar-refractivity contribution in [1.82, 2.24) is 10.2 Å². The third-order valence-corrected chi connectivity index (χ3v) is 8.07. The zero-order valence-corrected chi connectivity index (χ0v) is 23.6. The maximum Gasteiger partial charge on any atom is 0.244 e. The van der Waals surface area contributed by atoms with Crippen molar-refractivity contribution in [3.05, 3.63) is 58.1 Å². The summed E-state index contributed by atoms with van der Waals surface area (Å²) in [5.74, 6) is -0.251. The van der Waals surface area contributed by atoms with Gasteiger partial charge in [0.15, 0.2) is 0 Å². The van der Waals surface area contributed by atoms with E-state index in [-0.39, 0.29) is 18.5 Å². The molecule has 2 amide bonds. The summed E-state index contributed by atoms with van der Waals surface area (Å²) >= 11 is 12.4. The standard InChI is InChI=1S/C26H33Cl2N3O5S/c1-4-36-23-13-11-22(12-14-23)31(37(3,34)35)17-25(32)30(16-19-9-10-20(27)15-24(19)28)18(2)26(33)29-21-7-5-6-8-21/h9-15,18,21H,4-8,16-17H2,1-3H3,(H,29,33). The number of amides is 2. The fourth-order valence-electron chi connectivity index (χ4n) is 4.30. The van der Waals surface area contributed by atoms with Crippen molar-refractivity contribution in [3.8, 4) is 5.75 Å². The maximum atomic E-state index is 13.7. The van der Waals surface area contributed by atoms with Gasteiger partial charge in [-0.25, -0.2) is 8.42 Å². The summed E-state index contributed by atoms with van der Waals surface area (Å²) in [7, 11) is -3.82. The lowest BCUT2D eigenvalue weighted by Gasteiger charge is -2.32. The number of nitrogens with one attached hydrogen (secondary N) is 1. The van der Waals surface area contributed by atoms with Gasteiger partial charge in [0.1, 0.15) is 18.3 Å². The van der Waals surface area contributed by atoms with Gasteiger partial charge in [-0.1, -0.05) is 42.1 Å². The van der Waals surface area contributed by atoms with Crippen LogP contribution < -0.4 is 14.4 Å². The third-order valence-electron chi connectivity index (χ3n) is 6.34. The molecule has 0 bridgehead atoms. The van der Waals surface area contributed by atoms with Crippen LogP contribution in [0.5, 0.6) is 5.75 Å². The summed E-state index contributed by atoms with van der Waals surface area (Å²) in [6.07, 6.45) is 4.93. The first kappa shape index (κ1) is 29.1. The number of sulfonamides is 1. The topological polar surface area (TPSA) is 96.0 Å². The molecule has 1 atom stereocenters. The normalized spacial score (nSPS) is 14.7. The van der Waals surface area contributed by atoms with E-state index >= 15 is 0 Å². The molecular weight excluding hydrogens is 537 g/mol. The number of halogens is 2. The fraction of sp³-hybridized carbons (Fsp3) is 0.462. The minimum Gasteiger partial charge on any atom is -0.494 e. The summed E-state index contributed by atoms with van der Waals surface area (Å²) in [5.41, 5.74) is 0.902. The molecule has 0 aliphatic heterocycles. The molecule has 37 heavy (non-hydrogen) atoms. The Hall–Kier alpha value is -2.49. The molecule has 11 heteroatoms. The largest absolute Gasteiger partial charge is 0.494 e. The monoisotopic (exact) mass is 569 g/mol. The van der Waals surface area contributed by atoms with Crippen LogP contribution in [0.4, 0.5) is 5.69 Å². The van der Waals surface area contributed by atoms with E-state index in [1.165, 1.54) is 4.90 Å². The highest BCUT2D eigenvalue weighted by atomic mass is 35.5. The van der Waals surface area contributed by atoms with Crippen LogP contribution in [0.1, 0.15) is 45.1 Å². The van der Waals surface area contributed by atoms with Crippen molar-refractivity contribution in [2.75, 3.05) is 23.7 Å². The van der Waals surface area contributed by atoms with Gasteiger partial charge in [-0.05, 0) is 68.7 Å². The van der Waals surface area contributed by atoms with E-state index in [1.807, 2.05) is 6.92 Å². The minimum atomic E-state index is -3.82. The van der Waals surface area contributed by atoms with Crippen molar-refractivity contribution >= 4 is 50.7 Å². The van der Waals surface area contributed by atoms with Crippen molar-refractivity contribution in [2.24, 2.45) is 0 Å². The summed E-state index contributed by atoms with van der Waals surface area (Å²) in [4.78, 5) is 28.1. The second-order valence-electron chi connectivity index (χ2n) is 9.12. The van der Waals surface area contributed by atoms with Crippen LogP contribution in [0.25, 0.3) is 0 Å². The summed E-state index contributed by atoms with van der Waals surface area (Å²) in [6, 6.07) is 10.6. The smallest absolute Gasteiger partial charge is 0.244 e. The van der Waals surface area contributed by atoms with Gasteiger partial charge in [-0.3, -0.25) is 13.9 Å². The lowest BCUT2D eigenvalue weighted by molar-refractivity contribution is -0.139. The number of benzene rings is 2. The SMILES string of the molecule is CCOc1ccc(N(CC(=O)N(Cc2ccc(Cl)cc2Cl)C(C)C(=O)NC2CCCC2)S(C)(=O)=O)cc1. The Morgan fingerprint density at radius 2 is 1.76 bits per heavy atom. The first-order chi connectivity index (χ1) is 17.5. The molecule has 0 aromatic heterocycles. The van der Waals surface area contributed by atoms with E-state index in [0.29, 0.717) is 33.7 Å². The Morgan fingerprint density at radius 3 is 2.32 bits per heavy atom. The molecule has 8 nitrogen and oxygen atoms in total. The van der Waals surface area contributed by atoms with Crippen LogP contribution in [0.2, 0.25) is 10.0 Å². The lowest BCUT2D eigenvalue weighted by atomic mass is 10.1. The predicted molar refractivity (Wildman–Crippen MR) is 147 cm³/mol. The van der Waals surface area contributed by atoms with Gasteiger partial charge in [0, 0.05) is 22.6 Å². The van der Waals surface area contributed by atoms with E-state index < -0.39 is 28.5 Å². The Balaban J connectivity index is 1.89. The number of carbonyl (C=O) groups is 2. The Labute approximate surface area is 228 Å². The molecule has 1 aliphatic carbocycles. The van der Waals surface area contributed by atoms with Crippen LogP contribution in [0, 0.1) is 0 Å². The molecule has 1 saturated carbocycles. The number of carbonyl (C=O) groups excluding carboxylic acids is 2. The lowest BCUT2D eigenvalue weighted by Crippen LogP contribution is -2.52. The van der Waals surface area contributed by atoms with Crippen molar-refractivity contribution in [3.63, 3.8) is 0 Å². The Morgan fingerprint density at radius 1 is 1.11 bits per heavy atom. The Bertz CT molecular complexity index is 1200. The molecule has 0 saturated heterocycles. The number of hydrogen-bond acceptors (Lipinski definition) is 5. The van der Waals surface area contributed by atoms with E-state index in [0.717, 1.165) is 36.2 Å². The van der Waals surface area contributed by atoms with Gasteiger partial charge < -0.3 is 15.0 Å². The van der Waals surface area contributed by atoms with Crippen molar-refractivity contribution in [1.29, 1.82) is 0 Å². The van der Waals surface area contributed by atoms with Gasteiger partial charge in [-0.2, -0.15) is 0 Å². The molecule has 0 spiro atoms. The van der Waals surface area contributed by atoms with E-state index in [9.17, 15) is 18.0 Å². The summed E-state index contributed by atoms with van der Waals surface area (Å²) in [6.45, 7) is 3.47. The highest BCUT2D eigenvalue weighted by Crippen LogP contribution is 2.26. The second kappa shape index (κ2) is 12.8. The first-order valence-corrected chi connectivity index (χ1v) is 14.8. The number of ether oxygens (including phenoxy) is 1. The number of anilines is 1. The van der Waals surface area contributed by atoms with Gasteiger partial charge in [0.05, 0.1) is 18.6 Å². The average molecular weight is 571 g/mol. The summed E-state index contributed by atoms with van der Waals surface area (Å²) < 4.78 is 31.8. The van der Waals surface area contributed by atoms with E-state index in [1.54, 1.807) is 49.4 Å². The minimum absolute atomic E-state index is 0.00890. The number of hydrogen-bond donors (Lipinski definition) is 1. The van der Waals surface area contributed by atoms with Gasteiger partial charge >= 0.3 is 0 Å². The molecule has 3 rings (SSSR count). The molecule has 0 heterocycles.